The van der Waals surface area contributed by atoms with Crippen molar-refractivity contribution in [3.05, 3.63) is 0 Å². The molecule has 0 aliphatic carbocycles. The van der Waals surface area contributed by atoms with E-state index >= 15 is 0 Å². The molecule has 1 atom stereocenters. The summed E-state index contributed by atoms with van der Waals surface area (Å²) >= 11 is 0. The Kier molecular flexibility index (Phi) is 4.26. The van der Waals surface area contributed by atoms with Gasteiger partial charge in [0, 0.05) is 18.9 Å². The molecule has 0 bridgehead atoms. The van der Waals surface area contributed by atoms with Gasteiger partial charge in [-0.3, -0.25) is 0 Å². The third kappa shape index (κ3) is 2.91. The van der Waals surface area contributed by atoms with Crippen LogP contribution in [0.1, 0.15) is 19.8 Å². The molecule has 4 heteroatoms. The average Bonchev–Trinajstić information content (AvgIpc) is 1.96. The van der Waals surface area contributed by atoms with Crippen molar-refractivity contribution >= 4 is 12.4 Å². The summed E-state index contributed by atoms with van der Waals surface area (Å²) in [6.07, 6.45) is 0.584. The molecule has 0 unspecified atom stereocenters. The lowest BCUT2D eigenvalue weighted by atomic mass is 9.99. The molecule has 1 aliphatic rings. The summed E-state index contributed by atoms with van der Waals surface area (Å²) < 4.78 is 25.6. The molecule has 1 N–H and O–H groups in total. The third-order valence-electron chi connectivity index (χ3n) is 2.11. The molecule has 0 radical (unpaired) electrons. The summed E-state index contributed by atoms with van der Waals surface area (Å²) in [4.78, 5) is 0. The van der Waals surface area contributed by atoms with Crippen molar-refractivity contribution in [2.45, 2.75) is 25.7 Å². The number of nitrogens with one attached hydrogen (secondary N) is 1. The molecule has 1 rings (SSSR count). The van der Waals surface area contributed by atoms with Gasteiger partial charge in [0.15, 0.2) is 0 Å². The molecular weight excluding hydrogens is 172 g/mol. The van der Waals surface area contributed by atoms with E-state index in [1.54, 1.807) is 6.92 Å². The quantitative estimate of drug-likeness (QED) is 0.609. The highest BCUT2D eigenvalue weighted by Gasteiger charge is 2.36. The summed E-state index contributed by atoms with van der Waals surface area (Å²) in [6, 6.07) is 0. The highest BCUT2D eigenvalue weighted by Crippen LogP contribution is 2.31. The zero-order valence-corrected chi connectivity index (χ0v) is 7.39. The van der Waals surface area contributed by atoms with Gasteiger partial charge in [0.05, 0.1) is 0 Å². The largest absolute Gasteiger partial charge is 0.316 e. The van der Waals surface area contributed by atoms with Crippen molar-refractivity contribution < 1.29 is 8.78 Å². The standard InChI is InChI=1S/C7H13F2N.ClH/c1-6-2-4-10-5-3-7(6,8)9;/h6,10H,2-5H2,1H3;1H/t6-;/m0./s1. The molecule has 1 saturated heterocycles. The highest BCUT2D eigenvalue weighted by molar-refractivity contribution is 5.85. The van der Waals surface area contributed by atoms with E-state index in [2.05, 4.69) is 5.32 Å². The second-order valence-corrected chi connectivity index (χ2v) is 2.95. The molecule has 0 amide bonds. The van der Waals surface area contributed by atoms with Crippen molar-refractivity contribution in [2.75, 3.05) is 13.1 Å². The van der Waals surface area contributed by atoms with Gasteiger partial charge < -0.3 is 5.32 Å². The van der Waals surface area contributed by atoms with Crippen LogP contribution in [0.5, 0.6) is 0 Å². The first-order valence-corrected chi connectivity index (χ1v) is 3.71. The smallest absolute Gasteiger partial charge is 0.251 e. The van der Waals surface area contributed by atoms with Crippen molar-refractivity contribution in [3.63, 3.8) is 0 Å². The topological polar surface area (TPSA) is 12.0 Å². The lowest BCUT2D eigenvalue weighted by Gasteiger charge is -2.19. The molecule has 1 heterocycles. The van der Waals surface area contributed by atoms with Crippen molar-refractivity contribution in [1.29, 1.82) is 0 Å². The van der Waals surface area contributed by atoms with Gasteiger partial charge in [0.25, 0.3) is 5.92 Å². The maximum absolute atomic E-state index is 12.8. The first-order chi connectivity index (χ1) is 4.63. The maximum atomic E-state index is 12.8. The Balaban J connectivity index is 0.000001000. The minimum Gasteiger partial charge on any atom is -0.316 e. The Labute approximate surface area is 72.0 Å². The molecule has 11 heavy (non-hydrogen) atoms. The van der Waals surface area contributed by atoms with Gasteiger partial charge in [0.1, 0.15) is 0 Å². The van der Waals surface area contributed by atoms with Gasteiger partial charge in [-0.15, -0.1) is 12.4 Å². The van der Waals surface area contributed by atoms with Crippen LogP contribution in [0, 0.1) is 5.92 Å². The molecular formula is C7H14ClF2N. The molecule has 0 aromatic carbocycles. The number of halogens is 3. The monoisotopic (exact) mass is 185 g/mol. The minimum atomic E-state index is -2.44. The van der Waals surface area contributed by atoms with Gasteiger partial charge >= 0.3 is 0 Å². The fourth-order valence-electron chi connectivity index (χ4n) is 1.16. The number of hydrogen-bond acceptors (Lipinski definition) is 1. The first-order valence-electron chi connectivity index (χ1n) is 3.71. The van der Waals surface area contributed by atoms with E-state index in [1.165, 1.54) is 0 Å². The number of rotatable bonds is 0. The molecule has 1 nitrogen and oxygen atoms in total. The highest BCUT2D eigenvalue weighted by atomic mass is 35.5. The van der Waals surface area contributed by atoms with Crippen LogP contribution in [0.4, 0.5) is 8.78 Å². The van der Waals surface area contributed by atoms with Crippen LogP contribution in [0.15, 0.2) is 0 Å². The van der Waals surface area contributed by atoms with Gasteiger partial charge in [0.2, 0.25) is 0 Å². The average molecular weight is 186 g/mol. The van der Waals surface area contributed by atoms with E-state index in [-0.39, 0.29) is 18.8 Å². The van der Waals surface area contributed by atoms with Crippen LogP contribution in [-0.4, -0.2) is 19.0 Å². The van der Waals surface area contributed by atoms with E-state index in [0.29, 0.717) is 13.0 Å². The fourth-order valence-corrected chi connectivity index (χ4v) is 1.16. The lowest BCUT2D eigenvalue weighted by Crippen LogP contribution is -2.25. The molecule has 0 aromatic heterocycles. The van der Waals surface area contributed by atoms with Crippen LogP contribution >= 0.6 is 12.4 Å². The van der Waals surface area contributed by atoms with Crippen LogP contribution in [0.2, 0.25) is 0 Å². The van der Waals surface area contributed by atoms with Crippen LogP contribution in [0.25, 0.3) is 0 Å². The minimum absolute atomic E-state index is 0. The van der Waals surface area contributed by atoms with Gasteiger partial charge in [-0.05, 0) is 13.0 Å². The summed E-state index contributed by atoms with van der Waals surface area (Å²) in [6.45, 7) is 2.81. The Hall–Kier alpha value is 0.110. The molecule has 1 fully saturated rings. The summed E-state index contributed by atoms with van der Waals surface area (Å²) in [5.41, 5.74) is 0. The van der Waals surface area contributed by atoms with Gasteiger partial charge in [-0.25, -0.2) is 8.78 Å². The summed E-state index contributed by atoms with van der Waals surface area (Å²) in [5.74, 6) is -2.90. The van der Waals surface area contributed by atoms with Crippen LogP contribution in [0.3, 0.4) is 0 Å². The second-order valence-electron chi connectivity index (χ2n) is 2.95. The fraction of sp³-hybridized carbons (Fsp3) is 1.00. The Morgan fingerprint density at radius 3 is 2.64 bits per heavy atom. The first kappa shape index (κ1) is 11.1. The van der Waals surface area contributed by atoms with Crippen molar-refractivity contribution in [1.82, 2.24) is 5.32 Å². The molecule has 0 saturated carbocycles. The Morgan fingerprint density at radius 1 is 1.36 bits per heavy atom. The molecule has 1 aliphatic heterocycles. The van der Waals surface area contributed by atoms with E-state index in [9.17, 15) is 8.78 Å². The van der Waals surface area contributed by atoms with Gasteiger partial charge in [-0.1, -0.05) is 6.92 Å². The van der Waals surface area contributed by atoms with E-state index < -0.39 is 11.8 Å². The zero-order chi connectivity index (χ0) is 7.61. The van der Waals surface area contributed by atoms with E-state index in [4.69, 9.17) is 0 Å². The van der Waals surface area contributed by atoms with E-state index in [0.717, 1.165) is 6.54 Å². The second kappa shape index (κ2) is 4.21. The van der Waals surface area contributed by atoms with Crippen molar-refractivity contribution in [3.8, 4) is 0 Å². The summed E-state index contributed by atoms with van der Waals surface area (Å²) in [7, 11) is 0. The van der Waals surface area contributed by atoms with Crippen molar-refractivity contribution in [2.24, 2.45) is 5.92 Å². The zero-order valence-electron chi connectivity index (χ0n) is 6.57. The predicted octanol–water partition coefficient (Wildman–Crippen LogP) is 2.06. The number of hydrogen-bond donors (Lipinski definition) is 1. The molecule has 0 aromatic rings. The normalized spacial score (nSPS) is 30.3. The Morgan fingerprint density at radius 2 is 2.00 bits per heavy atom. The SMILES string of the molecule is C[C@H]1CCNCCC1(F)F.Cl. The lowest BCUT2D eigenvalue weighted by molar-refractivity contribution is -0.0534. The Bertz CT molecular complexity index is 119. The maximum Gasteiger partial charge on any atom is 0.251 e. The van der Waals surface area contributed by atoms with Crippen LogP contribution in [-0.2, 0) is 0 Å². The summed E-state index contributed by atoms with van der Waals surface area (Å²) in [5, 5.41) is 2.95. The van der Waals surface area contributed by atoms with Crippen LogP contribution < -0.4 is 5.32 Å². The molecule has 0 spiro atoms. The number of alkyl halides is 2. The predicted molar refractivity (Wildman–Crippen MR) is 43.5 cm³/mol. The van der Waals surface area contributed by atoms with Gasteiger partial charge in [-0.2, -0.15) is 0 Å². The van der Waals surface area contributed by atoms with E-state index in [1.807, 2.05) is 0 Å². The molecule has 68 valence electrons. The third-order valence-corrected chi connectivity index (χ3v) is 2.11.